The molecule has 1 saturated carbocycles. The van der Waals surface area contributed by atoms with Crippen LogP contribution in [0.1, 0.15) is 31.2 Å². The van der Waals surface area contributed by atoms with Gasteiger partial charge in [0.05, 0.1) is 11.8 Å². The van der Waals surface area contributed by atoms with E-state index in [9.17, 15) is 9.59 Å². The van der Waals surface area contributed by atoms with E-state index in [2.05, 4.69) is 29.6 Å². The molecule has 4 rings (SSSR count). The minimum absolute atomic E-state index is 0.0429. The number of likely N-dealkylation sites (tertiary alicyclic amines) is 1. The van der Waals surface area contributed by atoms with Gasteiger partial charge in [-0.3, -0.25) is 9.59 Å². The Bertz CT molecular complexity index is 666. The molecule has 1 N–H and O–H groups in total. The Hall–Kier alpha value is -2.10. The average molecular weight is 338 g/mol. The lowest BCUT2D eigenvalue weighted by atomic mass is 9.71. The minimum atomic E-state index is -0.208. The fourth-order valence-corrected chi connectivity index (χ4v) is 4.31. The number of hydrogen-bond donors (Lipinski definition) is 1. The third-order valence-electron chi connectivity index (χ3n) is 5.82. The summed E-state index contributed by atoms with van der Waals surface area (Å²) in [6.45, 7) is 1.48. The first-order valence-electron chi connectivity index (χ1n) is 9.53. The molecule has 132 valence electrons. The number of nitrogens with zero attached hydrogens (tertiary/aromatic N) is 1. The van der Waals surface area contributed by atoms with E-state index in [4.69, 9.17) is 0 Å². The molecule has 1 aromatic carbocycles. The number of nitrogens with one attached hydrogen (secondary N) is 1. The summed E-state index contributed by atoms with van der Waals surface area (Å²) in [5, 5.41) is 3.07. The number of piperidine rings is 1. The highest BCUT2D eigenvalue weighted by Crippen LogP contribution is 2.41. The predicted molar refractivity (Wildman–Crippen MR) is 96.7 cm³/mol. The monoisotopic (exact) mass is 338 g/mol. The Balaban J connectivity index is 1.39. The molecule has 0 spiro atoms. The molecule has 1 saturated heterocycles. The molecular formula is C21H26N2O2. The summed E-state index contributed by atoms with van der Waals surface area (Å²) in [6.07, 6.45) is 9.04. The molecule has 0 radical (unpaired) electrons. The molecule has 1 aliphatic heterocycles. The Morgan fingerprint density at radius 1 is 1.16 bits per heavy atom. The SMILES string of the molecule is O=C(NCCc1ccccc1)[C@@H]1CC=C[C@@H]2CCN(C3CC3)C(=O)[C@@H]21. The van der Waals surface area contributed by atoms with Crippen molar-refractivity contribution in [2.75, 3.05) is 13.1 Å². The van der Waals surface area contributed by atoms with E-state index in [0.29, 0.717) is 19.0 Å². The van der Waals surface area contributed by atoms with Crippen LogP contribution >= 0.6 is 0 Å². The van der Waals surface area contributed by atoms with Crippen molar-refractivity contribution in [3.63, 3.8) is 0 Å². The topological polar surface area (TPSA) is 49.4 Å². The summed E-state index contributed by atoms with van der Waals surface area (Å²) in [5.74, 6) is 0.129. The Morgan fingerprint density at radius 2 is 1.96 bits per heavy atom. The second-order valence-electron chi connectivity index (χ2n) is 7.54. The van der Waals surface area contributed by atoms with E-state index in [1.54, 1.807) is 0 Å². The zero-order valence-corrected chi connectivity index (χ0v) is 14.6. The highest BCUT2D eigenvalue weighted by atomic mass is 16.2. The molecule has 25 heavy (non-hydrogen) atoms. The van der Waals surface area contributed by atoms with Gasteiger partial charge in [-0.1, -0.05) is 42.5 Å². The maximum atomic E-state index is 13.0. The van der Waals surface area contributed by atoms with Gasteiger partial charge in [0.1, 0.15) is 0 Å². The molecule has 2 aliphatic carbocycles. The van der Waals surface area contributed by atoms with E-state index >= 15 is 0 Å². The van der Waals surface area contributed by atoms with Crippen molar-refractivity contribution in [3.05, 3.63) is 48.0 Å². The van der Waals surface area contributed by atoms with Gasteiger partial charge in [-0.25, -0.2) is 0 Å². The van der Waals surface area contributed by atoms with Crippen LogP contribution in [0.4, 0.5) is 0 Å². The molecule has 2 fully saturated rings. The molecule has 0 unspecified atom stereocenters. The predicted octanol–water partition coefficient (Wildman–Crippen LogP) is 2.55. The summed E-state index contributed by atoms with van der Waals surface area (Å²) in [4.78, 5) is 27.8. The van der Waals surface area contributed by atoms with Crippen LogP contribution in [0.5, 0.6) is 0 Å². The van der Waals surface area contributed by atoms with Gasteiger partial charge in [0.25, 0.3) is 0 Å². The lowest BCUT2D eigenvalue weighted by molar-refractivity contribution is -0.148. The maximum Gasteiger partial charge on any atom is 0.227 e. The zero-order valence-electron chi connectivity index (χ0n) is 14.6. The standard InChI is InChI=1S/C21H26N2O2/c24-20(22-13-11-15-5-2-1-3-6-15)18-8-4-7-16-12-14-23(17-9-10-17)21(25)19(16)18/h1-7,16-19H,8-14H2,(H,22,24)/t16-,18-,19+/m1/s1. The van der Waals surface area contributed by atoms with Crippen molar-refractivity contribution < 1.29 is 9.59 Å². The first-order valence-corrected chi connectivity index (χ1v) is 9.53. The second-order valence-corrected chi connectivity index (χ2v) is 7.54. The first-order chi connectivity index (χ1) is 12.2. The smallest absolute Gasteiger partial charge is 0.227 e. The summed E-state index contributed by atoms with van der Waals surface area (Å²) < 4.78 is 0. The second kappa shape index (κ2) is 7.03. The number of benzene rings is 1. The molecule has 4 nitrogen and oxygen atoms in total. The first kappa shape index (κ1) is 16.4. The van der Waals surface area contributed by atoms with Crippen molar-refractivity contribution in [2.24, 2.45) is 17.8 Å². The van der Waals surface area contributed by atoms with Crippen LogP contribution in [0.15, 0.2) is 42.5 Å². The highest BCUT2D eigenvalue weighted by Gasteiger charge is 2.47. The normalized spacial score (nSPS) is 28.6. The number of carbonyl (C=O) groups excluding carboxylic acids is 2. The molecule has 0 aromatic heterocycles. The molecule has 4 heteroatoms. The van der Waals surface area contributed by atoms with Crippen LogP contribution in [0.2, 0.25) is 0 Å². The summed E-state index contributed by atoms with van der Waals surface area (Å²) in [7, 11) is 0. The molecular weight excluding hydrogens is 312 g/mol. The number of fused-ring (bicyclic) bond motifs is 1. The van der Waals surface area contributed by atoms with Crippen LogP contribution < -0.4 is 5.32 Å². The largest absolute Gasteiger partial charge is 0.355 e. The van der Waals surface area contributed by atoms with Crippen LogP contribution in [-0.2, 0) is 16.0 Å². The number of amides is 2. The number of rotatable bonds is 5. The summed E-state index contributed by atoms with van der Waals surface area (Å²) >= 11 is 0. The Kier molecular flexibility index (Phi) is 4.60. The fraction of sp³-hybridized carbons (Fsp3) is 0.524. The van der Waals surface area contributed by atoms with E-state index in [1.165, 1.54) is 5.56 Å². The Morgan fingerprint density at radius 3 is 2.72 bits per heavy atom. The highest BCUT2D eigenvalue weighted by molar-refractivity contribution is 5.89. The van der Waals surface area contributed by atoms with Gasteiger partial charge in [-0.2, -0.15) is 0 Å². The molecule has 1 aromatic rings. The van der Waals surface area contributed by atoms with Gasteiger partial charge in [0.15, 0.2) is 0 Å². The zero-order chi connectivity index (χ0) is 17.2. The number of allylic oxidation sites excluding steroid dienone is 2. The average Bonchev–Trinajstić information content (AvgIpc) is 3.47. The van der Waals surface area contributed by atoms with Crippen molar-refractivity contribution in [2.45, 2.75) is 38.1 Å². The third kappa shape index (κ3) is 3.48. The van der Waals surface area contributed by atoms with Gasteiger partial charge in [-0.05, 0) is 43.6 Å². The van der Waals surface area contributed by atoms with Crippen LogP contribution in [0.3, 0.4) is 0 Å². The van der Waals surface area contributed by atoms with E-state index in [-0.39, 0.29) is 29.6 Å². The van der Waals surface area contributed by atoms with Gasteiger partial charge < -0.3 is 10.2 Å². The summed E-state index contributed by atoms with van der Waals surface area (Å²) in [5.41, 5.74) is 1.22. The minimum Gasteiger partial charge on any atom is -0.355 e. The van der Waals surface area contributed by atoms with Crippen LogP contribution in [0.25, 0.3) is 0 Å². The van der Waals surface area contributed by atoms with E-state index < -0.39 is 0 Å². The molecule has 3 aliphatic rings. The van der Waals surface area contributed by atoms with Gasteiger partial charge >= 0.3 is 0 Å². The van der Waals surface area contributed by atoms with Gasteiger partial charge in [0, 0.05) is 19.1 Å². The summed E-state index contributed by atoms with van der Waals surface area (Å²) in [6, 6.07) is 10.6. The fourth-order valence-electron chi connectivity index (χ4n) is 4.31. The van der Waals surface area contributed by atoms with Crippen molar-refractivity contribution in [1.82, 2.24) is 10.2 Å². The van der Waals surface area contributed by atoms with Crippen molar-refractivity contribution >= 4 is 11.8 Å². The maximum absolute atomic E-state index is 13.0. The van der Waals surface area contributed by atoms with Crippen molar-refractivity contribution in [3.8, 4) is 0 Å². The van der Waals surface area contributed by atoms with Gasteiger partial charge in [0.2, 0.25) is 11.8 Å². The van der Waals surface area contributed by atoms with E-state index in [0.717, 1.165) is 32.2 Å². The number of hydrogen-bond acceptors (Lipinski definition) is 2. The molecule has 0 bridgehead atoms. The number of carbonyl (C=O) groups is 2. The quantitative estimate of drug-likeness (QED) is 0.839. The molecule has 1 heterocycles. The van der Waals surface area contributed by atoms with Crippen LogP contribution in [-0.4, -0.2) is 35.8 Å². The van der Waals surface area contributed by atoms with Crippen molar-refractivity contribution in [1.29, 1.82) is 0 Å². The molecule has 3 atom stereocenters. The molecule has 2 amide bonds. The lowest BCUT2D eigenvalue weighted by Gasteiger charge is -2.41. The van der Waals surface area contributed by atoms with Gasteiger partial charge in [-0.15, -0.1) is 0 Å². The van der Waals surface area contributed by atoms with E-state index in [1.807, 2.05) is 23.1 Å². The lowest BCUT2D eigenvalue weighted by Crippen LogP contribution is -2.52. The Labute approximate surface area is 149 Å². The van der Waals surface area contributed by atoms with Crippen LogP contribution in [0, 0.1) is 17.8 Å². The third-order valence-corrected chi connectivity index (χ3v) is 5.82.